The third-order valence-electron chi connectivity index (χ3n) is 5.77. The number of amides is 2. The van der Waals surface area contributed by atoms with Crippen LogP contribution >= 0.6 is 0 Å². The van der Waals surface area contributed by atoms with Gasteiger partial charge in [-0.15, -0.1) is 0 Å². The summed E-state index contributed by atoms with van der Waals surface area (Å²) in [5, 5.41) is 10.3. The number of nitrogens with one attached hydrogen (secondary N) is 2. The molecular formula is C26H27N5O2. The van der Waals surface area contributed by atoms with Crippen LogP contribution in [0.3, 0.4) is 0 Å². The van der Waals surface area contributed by atoms with E-state index in [0.717, 1.165) is 39.5 Å². The SMILES string of the molecule is Cc1cc2nc(C)c(CCC(=O)Nc3cccc(C(=O)Nc4ccccc4)c3C)c(C)n2n1. The van der Waals surface area contributed by atoms with Crippen molar-refractivity contribution in [2.24, 2.45) is 0 Å². The first-order chi connectivity index (χ1) is 15.8. The van der Waals surface area contributed by atoms with Crippen LogP contribution in [-0.2, 0) is 11.2 Å². The summed E-state index contributed by atoms with van der Waals surface area (Å²) in [5.74, 6) is -0.329. The van der Waals surface area contributed by atoms with Gasteiger partial charge in [-0.25, -0.2) is 9.50 Å². The normalized spacial score (nSPS) is 10.9. The van der Waals surface area contributed by atoms with Gasteiger partial charge in [-0.05, 0) is 69.5 Å². The van der Waals surface area contributed by atoms with Crippen LogP contribution < -0.4 is 10.6 Å². The van der Waals surface area contributed by atoms with E-state index in [1.54, 1.807) is 12.1 Å². The number of aromatic nitrogens is 3. The lowest BCUT2D eigenvalue weighted by Crippen LogP contribution is -2.17. The van der Waals surface area contributed by atoms with Crippen molar-refractivity contribution in [1.82, 2.24) is 14.6 Å². The molecule has 0 radical (unpaired) electrons. The Balaban J connectivity index is 1.45. The Labute approximate surface area is 192 Å². The fourth-order valence-electron chi connectivity index (χ4n) is 3.99. The van der Waals surface area contributed by atoms with Crippen molar-refractivity contribution in [3.63, 3.8) is 0 Å². The highest BCUT2D eigenvalue weighted by Gasteiger charge is 2.16. The lowest BCUT2D eigenvalue weighted by Gasteiger charge is -2.14. The average Bonchev–Trinajstić information content (AvgIpc) is 3.16. The Hall–Kier alpha value is -4.00. The fourth-order valence-corrected chi connectivity index (χ4v) is 3.99. The van der Waals surface area contributed by atoms with E-state index in [2.05, 4.69) is 20.7 Å². The number of carbonyl (C=O) groups is 2. The molecule has 7 heteroatoms. The molecule has 7 nitrogen and oxygen atoms in total. The molecule has 0 spiro atoms. The molecule has 33 heavy (non-hydrogen) atoms. The second kappa shape index (κ2) is 9.24. The minimum atomic E-state index is -0.213. The average molecular weight is 442 g/mol. The summed E-state index contributed by atoms with van der Waals surface area (Å²) in [6, 6.07) is 16.6. The third-order valence-corrected chi connectivity index (χ3v) is 5.77. The van der Waals surface area contributed by atoms with Gasteiger partial charge in [0, 0.05) is 40.8 Å². The van der Waals surface area contributed by atoms with E-state index >= 15 is 0 Å². The van der Waals surface area contributed by atoms with E-state index in [9.17, 15) is 9.59 Å². The van der Waals surface area contributed by atoms with Gasteiger partial charge in [0.15, 0.2) is 5.65 Å². The van der Waals surface area contributed by atoms with Crippen LogP contribution in [0.4, 0.5) is 11.4 Å². The molecule has 0 aliphatic heterocycles. The molecule has 4 rings (SSSR count). The number of aryl methyl sites for hydroxylation is 3. The first kappa shape index (κ1) is 22.2. The first-order valence-corrected chi connectivity index (χ1v) is 10.9. The summed E-state index contributed by atoms with van der Waals surface area (Å²) >= 11 is 0. The first-order valence-electron chi connectivity index (χ1n) is 10.9. The Morgan fingerprint density at radius 3 is 2.45 bits per heavy atom. The summed E-state index contributed by atoms with van der Waals surface area (Å²) < 4.78 is 1.83. The number of anilines is 2. The zero-order valence-electron chi connectivity index (χ0n) is 19.3. The van der Waals surface area contributed by atoms with Gasteiger partial charge in [0.25, 0.3) is 5.91 Å². The lowest BCUT2D eigenvalue weighted by atomic mass is 10.0. The van der Waals surface area contributed by atoms with Crippen LogP contribution in [-0.4, -0.2) is 26.4 Å². The highest BCUT2D eigenvalue weighted by atomic mass is 16.2. The molecule has 4 aromatic rings. The molecule has 2 N–H and O–H groups in total. The highest BCUT2D eigenvalue weighted by Crippen LogP contribution is 2.22. The summed E-state index contributed by atoms with van der Waals surface area (Å²) in [6.07, 6.45) is 0.855. The fraction of sp³-hybridized carbons (Fsp3) is 0.231. The van der Waals surface area contributed by atoms with Gasteiger partial charge in [0.2, 0.25) is 5.91 Å². The number of benzene rings is 2. The van der Waals surface area contributed by atoms with E-state index in [-0.39, 0.29) is 11.8 Å². The summed E-state index contributed by atoms with van der Waals surface area (Å²) in [6.45, 7) is 7.73. The number of hydrogen-bond acceptors (Lipinski definition) is 4. The van der Waals surface area contributed by atoms with Crippen molar-refractivity contribution in [1.29, 1.82) is 0 Å². The number of para-hydroxylation sites is 1. The lowest BCUT2D eigenvalue weighted by molar-refractivity contribution is -0.116. The molecule has 2 amide bonds. The number of nitrogens with zero attached hydrogens (tertiary/aromatic N) is 3. The van der Waals surface area contributed by atoms with E-state index in [1.165, 1.54) is 0 Å². The molecule has 2 heterocycles. The quantitative estimate of drug-likeness (QED) is 0.450. The van der Waals surface area contributed by atoms with Crippen LogP contribution in [0.1, 0.15) is 45.0 Å². The molecule has 2 aromatic heterocycles. The smallest absolute Gasteiger partial charge is 0.256 e. The highest BCUT2D eigenvalue weighted by molar-refractivity contribution is 6.06. The minimum absolute atomic E-state index is 0.116. The zero-order chi connectivity index (χ0) is 23.5. The second-order valence-corrected chi connectivity index (χ2v) is 8.16. The maximum Gasteiger partial charge on any atom is 0.256 e. The Bertz CT molecular complexity index is 1340. The predicted molar refractivity (Wildman–Crippen MR) is 130 cm³/mol. The van der Waals surface area contributed by atoms with Crippen LogP contribution in [0.2, 0.25) is 0 Å². The molecule has 168 valence electrons. The number of fused-ring (bicyclic) bond motifs is 1. The molecule has 0 saturated heterocycles. The molecule has 0 bridgehead atoms. The van der Waals surface area contributed by atoms with Gasteiger partial charge in [-0.3, -0.25) is 9.59 Å². The molecule has 0 aliphatic carbocycles. The summed E-state index contributed by atoms with van der Waals surface area (Å²) in [4.78, 5) is 30.1. The van der Waals surface area contributed by atoms with Gasteiger partial charge in [-0.1, -0.05) is 24.3 Å². The van der Waals surface area contributed by atoms with E-state index in [1.807, 2.05) is 74.7 Å². The van der Waals surface area contributed by atoms with Gasteiger partial charge >= 0.3 is 0 Å². The Morgan fingerprint density at radius 1 is 0.939 bits per heavy atom. The van der Waals surface area contributed by atoms with Gasteiger partial charge in [0.1, 0.15) is 0 Å². The molecule has 0 aliphatic rings. The monoisotopic (exact) mass is 441 g/mol. The number of hydrogen-bond donors (Lipinski definition) is 2. The molecule has 0 saturated carbocycles. The van der Waals surface area contributed by atoms with Crippen LogP contribution in [0.25, 0.3) is 5.65 Å². The largest absolute Gasteiger partial charge is 0.326 e. The van der Waals surface area contributed by atoms with Crippen molar-refractivity contribution in [3.05, 3.63) is 88.4 Å². The van der Waals surface area contributed by atoms with E-state index < -0.39 is 0 Å². The molecule has 2 aromatic carbocycles. The molecule has 0 atom stereocenters. The van der Waals surface area contributed by atoms with Crippen molar-refractivity contribution in [3.8, 4) is 0 Å². The molecule has 0 fully saturated rings. The van der Waals surface area contributed by atoms with Crippen molar-refractivity contribution >= 4 is 28.8 Å². The predicted octanol–water partition coefficient (Wildman–Crippen LogP) is 4.79. The minimum Gasteiger partial charge on any atom is -0.326 e. The maximum absolute atomic E-state index is 12.7. The van der Waals surface area contributed by atoms with Crippen LogP contribution in [0.15, 0.2) is 54.6 Å². The molecular weight excluding hydrogens is 414 g/mol. The van der Waals surface area contributed by atoms with Crippen molar-refractivity contribution in [2.45, 2.75) is 40.5 Å². The summed E-state index contributed by atoms with van der Waals surface area (Å²) in [7, 11) is 0. The Morgan fingerprint density at radius 2 is 1.70 bits per heavy atom. The van der Waals surface area contributed by atoms with Gasteiger partial charge < -0.3 is 10.6 Å². The van der Waals surface area contributed by atoms with Crippen LogP contribution in [0, 0.1) is 27.7 Å². The Kier molecular flexibility index (Phi) is 6.22. The van der Waals surface area contributed by atoms with Crippen molar-refractivity contribution in [2.75, 3.05) is 10.6 Å². The maximum atomic E-state index is 12.7. The van der Waals surface area contributed by atoms with Crippen LogP contribution in [0.5, 0.6) is 0 Å². The topological polar surface area (TPSA) is 88.4 Å². The number of carbonyl (C=O) groups excluding carboxylic acids is 2. The van der Waals surface area contributed by atoms with Gasteiger partial charge in [0.05, 0.1) is 5.69 Å². The van der Waals surface area contributed by atoms with E-state index in [0.29, 0.717) is 24.1 Å². The number of rotatable bonds is 6. The molecule has 0 unspecified atom stereocenters. The zero-order valence-corrected chi connectivity index (χ0v) is 19.3. The second-order valence-electron chi connectivity index (χ2n) is 8.16. The van der Waals surface area contributed by atoms with E-state index in [4.69, 9.17) is 0 Å². The third kappa shape index (κ3) is 4.77. The van der Waals surface area contributed by atoms with Gasteiger partial charge in [-0.2, -0.15) is 5.10 Å². The summed E-state index contributed by atoms with van der Waals surface area (Å²) in [5.41, 5.74) is 7.24. The van der Waals surface area contributed by atoms with Crippen molar-refractivity contribution < 1.29 is 9.59 Å². The standard InChI is InChI=1S/C26H27N5O2/c1-16-15-24-27-18(3)22(19(4)31(24)30-16)13-14-25(32)29-23-12-8-11-21(17(23)2)26(33)28-20-9-6-5-7-10-20/h5-12,15H,13-14H2,1-4H3,(H,28,33)(H,29,32).